The lowest BCUT2D eigenvalue weighted by molar-refractivity contribution is -0.114. The van der Waals surface area contributed by atoms with E-state index in [1.165, 1.54) is 69.9 Å². The van der Waals surface area contributed by atoms with E-state index in [4.69, 9.17) is 42.1 Å². The largest absolute Gasteiger partial charge is 0.493 e. The summed E-state index contributed by atoms with van der Waals surface area (Å²) in [5, 5.41) is 3.45. The number of methoxy groups -OCH3 is 3. The first-order valence-electron chi connectivity index (χ1n) is 12.1. The van der Waals surface area contributed by atoms with Gasteiger partial charge in [-0.2, -0.15) is 0 Å². The third-order valence-electron chi connectivity index (χ3n) is 5.85. The van der Waals surface area contributed by atoms with Gasteiger partial charge in [0, 0.05) is 16.1 Å². The Balaban J connectivity index is 1.67. The summed E-state index contributed by atoms with van der Waals surface area (Å²) in [6.45, 7) is -0.584. The first-order chi connectivity index (χ1) is 19.7. The van der Waals surface area contributed by atoms with Gasteiger partial charge in [0.1, 0.15) is 6.54 Å². The molecule has 0 aromatic heterocycles. The molecule has 9 nitrogen and oxygen atoms in total. The zero-order chi connectivity index (χ0) is 29.6. The van der Waals surface area contributed by atoms with Gasteiger partial charge in [0.25, 0.3) is 10.0 Å². The first-order valence-corrected chi connectivity index (χ1v) is 14.3. The number of carbonyl (C=O) groups is 1. The van der Waals surface area contributed by atoms with Crippen molar-refractivity contribution in [2.45, 2.75) is 4.90 Å². The summed E-state index contributed by atoms with van der Waals surface area (Å²) in [6, 6.07) is 21.9. The molecule has 12 heteroatoms. The number of halogens is 2. The lowest BCUT2D eigenvalue weighted by atomic mass is 10.2. The zero-order valence-electron chi connectivity index (χ0n) is 22.3. The van der Waals surface area contributed by atoms with Crippen LogP contribution in [-0.2, 0) is 14.8 Å². The Morgan fingerprint density at radius 3 is 1.98 bits per heavy atom. The van der Waals surface area contributed by atoms with E-state index >= 15 is 0 Å². The Morgan fingerprint density at radius 1 is 0.732 bits per heavy atom. The van der Waals surface area contributed by atoms with Crippen LogP contribution in [0, 0.1) is 0 Å². The van der Waals surface area contributed by atoms with E-state index in [0.717, 1.165) is 4.31 Å². The minimum absolute atomic E-state index is 0.110. The predicted octanol–water partition coefficient (Wildman–Crippen LogP) is 6.65. The van der Waals surface area contributed by atoms with Crippen molar-refractivity contribution in [3.05, 3.63) is 95.0 Å². The molecule has 1 N–H and O–H groups in total. The van der Waals surface area contributed by atoms with Crippen LogP contribution in [0.5, 0.6) is 28.7 Å². The number of amides is 1. The molecule has 0 heterocycles. The fourth-order valence-electron chi connectivity index (χ4n) is 3.86. The number of ether oxygens (including phenoxy) is 4. The second-order valence-corrected chi connectivity index (χ2v) is 11.2. The molecule has 41 heavy (non-hydrogen) atoms. The fourth-order valence-corrected chi connectivity index (χ4v) is 5.59. The van der Waals surface area contributed by atoms with Crippen molar-refractivity contribution in [3.63, 3.8) is 0 Å². The second kappa shape index (κ2) is 13.0. The lowest BCUT2D eigenvalue weighted by Crippen LogP contribution is -2.38. The number of hydrogen-bond acceptors (Lipinski definition) is 7. The monoisotopic (exact) mass is 616 g/mol. The van der Waals surface area contributed by atoms with Crippen molar-refractivity contribution in [2.75, 3.05) is 37.5 Å². The van der Waals surface area contributed by atoms with Gasteiger partial charge < -0.3 is 24.3 Å². The molecular weight excluding hydrogens is 591 g/mol. The minimum Gasteiger partial charge on any atom is -0.493 e. The number of anilines is 2. The summed E-state index contributed by atoms with van der Waals surface area (Å²) in [5.41, 5.74) is 0.448. The molecule has 0 aliphatic rings. The lowest BCUT2D eigenvalue weighted by Gasteiger charge is -2.25. The van der Waals surface area contributed by atoms with Crippen molar-refractivity contribution in [1.82, 2.24) is 0 Å². The van der Waals surface area contributed by atoms with Gasteiger partial charge in [0.2, 0.25) is 5.91 Å². The van der Waals surface area contributed by atoms with Gasteiger partial charge in [-0.3, -0.25) is 9.10 Å². The molecule has 0 aliphatic carbocycles. The Labute approximate surface area is 248 Å². The maximum absolute atomic E-state index is 13.9. The van der Waals surface area contributed by atoms with Crippen molar-refractivity contribution < 1.29 is 32.2 Å². The highest BCUT2D eigenvalue weighted by Crippen LogP contribution is 2.37. The molecule has 4 rings (SSSR count). The maximum Gasteiger partial charge on any atom is 0.264 e. The van der Waals surface area contributed by atoms with Crippen molar-refractivity contribution >= 4 is 50.5 Å². The van der Waals surface area contributed by atoms with Crippen LogP contribution in [-0.4, -0.2) is 42.2 Å². The Kier molecular flexibility index (Phi) is 9.49. The van der Waals surface area contributed by atoms with Crippen molar-refractivity contribution in [2.24, 2.45) is 0 Å². The molecule has 1 amide bonds. The van der Waals surface area contributed by atoms with Crippen LogP contribution in [0.2, 0.25) is 10.0 Å². The Morgan fingerprint density at radius 2 is 1.32 bits per heavy atom. The number of rotatable bonds is 11. The molecule has 0 saturated carbocycles. The van der Waals surface area contributed by atoms with Gasteiger partial charge in [-0.05, 0) is 66.7 Å². The van der Waals surface area contributed by atoms with Crippen LogP contribution < -0.4 is 28.6 Å². The van der Waals surface area contributed by atoms with Gasteiger partial charge in [0.15, 0.2) is 28.7 Å². The van der Waals surface area contributed by atoms with Crippen LogP contribution in [0.3, 0.4) is 0 Å². The van der Waals surface area contributed by atoms with Crippen LogP contribution in [0.25, 0.3) is 0 Å². The summed E-state index contributed by atoms with van der Waals surface area (Å²) in [6.07, 6.45) is 0. The number of nitrogens with zero attached hydrogens (tertiary/aromatic N) is 1. The molecule has 4 aromatic carbocycles. The molecule has 0 fully saturated rings. The average molecular weight is 618 g/mol. The summed E-state index contributed by atoms with van der Waals surface area (Å²) >= 11 is 12.3. The maximum atomic E-state index is 13.9. The highest BCUT2D eigenvalue weighted by atomic mass is 35.5. The molecule has 214 valence electrons. The van der Waals surface area contributed by atoms with Crippen LogP contribution in [0.15, 0.2) is 89.8 Å². The van der Waals surface area contributed by atoms with E-state index in [-0.39, 0.29) is 27.8 Å². The first kappa shape index (κ1) is 29.9. The molecule has 4 aromatic rings. The summed E-state index contributed by atoms with van der Waals surface area (Å²) in [5.74, 6) is 1.07. The number of para-hydroxylation sites is 2. The smallest absolute Gasteiger partial charge is 0.264 e. The SMILES string of the molecule is COc1ccc(S(=O)(=O)N(CC(=O)Nc2cc(Cl)ccc2Oc2ccccc2OC)c2ccc(Cl)cc2)cc1OC. The van der Waals surface area contributed by atoms with E-state index < -0.39 is 22.5 Å². The Hall–Kier alpha value is -4.12. The normalized spacial score (nSPS) is 11.0. The predicted molar refractivity (Wildman–Crippen MR) is 159 cm³/mol. The Bertz CT molecular complexity index is 1650. The minimum atomic E-state index is -4.27. The standard InChI is InChI=1S/C29H26Cl2N2O7S/c1-37-25-6-4-5-7-27(25)40-24-14-10-20(31)16-23(24)32-29(34)18-33(21-11-8-19(30)9-12-21)41(35,36)22-13-15-26(38-2)28(17-22)39-3/h4-17H,18H2,1-3H3,(H,32,34). The van der Waals surface area contributed by atoms with Crippen LogP contribution in [0.1, 0.15) is 0 Å². The van der Waals surface area contributed by atoms with E-state index in [9.17, 15) is 13.2 Å². The molecule has 0 saturated heterocycles. The topological polar surface area (TPSA) is 103 Å². The van der Waals surface area contributed by atoms with E-state index in [1.54, 1.807) is 36.4 Å². The van der Waals surface area contributed by atoms with Gasteiger partial charge in [0.05, 0.1) is 37.6 Å². The van der Waals surface area contributed by atoms with E-state index in [2.05, 4.69) is 5.32 Å². The second-order valence-electron chi connectivity index (χ2n) is 8.45. The summed E-state index contributed by atoms with van der Waals surface area (Å²) in [4.78, 5) is 13.3. The van der Waals surface area contributed by atoms with Gasteiger partial charge in [-0.1, -0.05) is 35.3 Å². The highest BCUT2D eigenvalue weighted by Gasteiger charge is 2.29. The number of sulfonamides is 1. The summed E-state index contributed by atoms with van der Waals surface area (Å²) in [7, 11) is 0.0828. The van der Waals surface area contributed by atoms with Crippen molar-refractivity contribution in [3.8, 4) is 28.7 Å². The number of carbonyl (C=O) groups excluding carboxylic acids is 1. The summed E-state index contributed by atoms with van der Waals surface area (Å²) < 4.78 is 50.5. The molecule has 0 spiro atoms. The third-order valence-corrected chi connectivity index (χ3v) is 8.11. The average Bonchev–Trinajstić information content (AvgIpc) is 2.97. The molecule has 0 bridgehead atoms. The number of hydrogen-bond donors (Lipinski definition) is 1. The fraction of sp³-hybridized carbons (Fsp3) is 0.138. The molecule has 0 unspecified atom stereocenters. The highest BCUT2D eigenvalue weighted by molar-refractivity contribution is 7.92. The number of nitrogens with one attached hydrogen (secondary N) is 1. The molecule has 0 radical (unpaired) electrons. The zero-order valence-corrected chi connectivity index (χ0v) is 24.6. The van der Waals surface area contributed by atoms with E-state index in [1.807, 2.05) is 0 Å². The quantitative estimate of drug-likeness (QED) is 0.201. The van der Waals surface area contributed by atoms with Crippen LogP contribution in [0.4, 0.5) is 11.4 Å². The van der Waals surface area contributed by atoms with E-state index in [0.29, 0.717) is 27.3 Å². The molecule has 0 atom stereocenters. The van der Waals surface area contributed by atoms with Gasteiger partial charge in [-0.15, -0.1) is 0 Å². The van der Waals surface area contributed by atoms with Gasteiger partial charge in [-0.25, -0.2) is 8.42 Å². The number of benzene rings is 4. The van der Waals surface area contributed by atoms with Crippen LogP contribution >= 0.6 is 23.2 Å². The van der Waals surface area contributed by atoms with Gasteiger partial charge >= 0.3 is 0 Å². The molecular formula is C29H26Cl2N2O7S. The molecule has 0 aliphatic heterocycles. The third kappa shape index (κ3) is 6.97. The van der Waals surface area contributed by atoms with Crippen molar-refractivity contribution in [1.29, 1.82) is 0 Å².